The van der Waals surface area contributed by atoms with Gasteiger partial charge in [-0.3, -0.25) is 14.4 Å². The summed E-state index contributed by atoms with van der Waals surface area (Å²) in [6, 6.07) is 1.85. The summed E-state index contributed by atoms with van der Waals surface area (Å²) in [6.07, 6.45) is 1.64. The number of carbonyl (C=O) groups excluding carboxylic acids is 1. The van der Waals surface area contributed by atoms with E-state index in [0.717, 1.165) is 43.0 Å². The first kappa shape index (κ1) is 17.8. The Kier molecular flexibility index (Phi) is 5.34. The Labute approximate surface area is 148 Å². The highest BCUT2D eigenvalue weighted by Crippen LogP contribution is 2.16. The van der Waals surface area contributed by atoms with Crippen LogP contribution in [0.5, 0.6) is 0 Å². The molecule has 1 aliphatic rings. The zero-order valence-corrected chi connectivity index (χ0v) is 15.5. The summed E-state index contributed by atoms with van der Waals surface area (Å²) in [4.78, 5) is 19.2. The molecule has 0 aliphatic carbocycles. The summed E-state index contributed by atoms with van der Waals surface area (Å²) in [5.41, 5.74) is 2.21. The minimum Gasteiger partial charge on any atom is -0.374 e. The molecule has 0 spiro atoms. The van der Waals surface area contributed by atoms with Crippen LogP contribution >= 0.6 is 0 Å². The lowest BCUT2D eigenvalue weighted by atomic mass is 10.1. The molecule has 0 unspecified atom stereocenters. The minimum absolute atomic E-state index is 0.0354. The number of pyridine rings is 1. The molecule has 1 atom stereocenters. The lowest BCUT2D eigenvalue weighted by Crippen LogP contribution is -2.48. The fraction of sp³-hybridized carbons (Fsp3) is 0.611. The van der Waals surface area contributed by atoms with E-state index in [0.29, 0.717) is 18.0 Å². The van der Waals surface area contributed by atoms with E-state index in [4.69, 9.17) is 4.74 Å². The zero-order valence-electron chi connectivity index (χ0n) is 15.5. The number of amides is 1. The van der Waals surface area contributed by atoms with Crippen LogP contribution in [0.3, 0.4) is 0 Å². The van der Waals surface area contributed by atoms with Crippen molar-refractivity contribution in [3.05, 3.63) is 23.5 Å². The van der Waals surface area contributed by atoms with E-state index < -0.39 is 0 Å². The second-order valence-electron chi connectivity index (χ2n) is 7.16. The molecule has 1 aliphatic heterocycles. The average Bonchev–Trinajstić information content (AvgIpc) is 2.86. The Hall–Kier alpha value is -1.99. The molecule has 2 aromatic heterocycles. The first-order chi connectivity index (χ1) is 11.9. The number of aryl methyl sites for hydroxylation is 2. The standard InChI is InChI=1S/C18H27N5O2/c1-12(2)10-23-5-6-25-15(11-23)9-20-18(24)14-7-16-13(3)21-22(4)17(16)19-8-14/h7-8,12,15H,5-6,9-11H2,1-4H3,(H,20,24)/t15-/m1/s1. The van der Waals surface area contributed by atoms with Crippen molar-refractivity contribution in [2.24, 2.45) is 13.0 Å². The summed E-state index contributed by atoms with van der Waals surface area (Å²) in [7, 11) is 1.85. The molecular formula is C18H27N5O2. The Balaban J connectivity index is 1.60. The first-order valence-electron chi connectivity index (χ1n) is 8.85. The highest BCUT2D eigenvalue weighted by Gasteiger charge is 2.22. The van der Waals surface area contributed by atoms with Gasteiger partial charge in [0, 0.05) is 44.8 Å². The van der Waals surface area contributed by atoms with Crippen molar-refractivity contribution in [1.82, 2.24) is 25.0 Å². The van der Waals surface area contributed by atoms with Gasteiger partial charge in [0.25, 0.3) is 5.91 Å². The highest BCUT2D eigenvalue weighted by molar-refractivity contribution is 5.97. The maximum absolute atomic E-state index is 12.5. The van der Waals surface area contributed by atoms with Gasteiger partial charge in [0.05, 0.1) is 24.0 Å². The normalized spacial score (nSPS) is 18.8. The summed E-state index contributed by atoms with van der Waals surface area (Å²) in [5.74, 6) is 0.510. The summed E-state index contributed by atoms with van der Waals surface area (Å²) in [6.45, 7) is 10.5. The molecular weight excluding hydrogens is 318 g/mol. The molecule has 1 amide bonds. The molecule has 3 rings (SSSR count). The van der Waals surface area contributed by atoms with Crippen molar-refractivity contribution in [3.8, 4) is 0 Å². The number of aromatic nitrogens is 3. The molecule has 3 heterocycles. The van der Waals surface area contributed by atoms with Crippen LogP contribution in [0.15, 0.2) is 12.3 Å². The number of morpholine rings is 1. The van der Waals surface area contributed by atoms with Crippen LogP contribution in [0.1, 0.15) is 29.9 Å². The number of ether oxygens (including phenoxy) is 1. The monoisotopic (exact) mass is 345 g/mol. The van der Waals surface area contributed by atoms with Crippen LogP contribution < -0.4 is 5.32 Å². The quantitative estimate of drug-likeness (QED) is 0.886. The summed E-state index contributed by atoms with van der Waals surface area (Å²) in [5, 5.41) is 8.22. The molecule has 0 aromatic carbocycles. The van der Waals surface area contributed by atoms with Gasteiger partial charge in [-0.2, -0.15) is 5.10 Å². The van der Waals surface area contributed by atoms with Crippen molar-refractivity contribution in [2.45, 2.75) is 26.9 Å². The predicted octanol–water partition coefficient (Wildman–Crippen LogP) is 1.36. The number of nitrogens with one attached hydrogen (secondary N) is 1. The summed E-state index contributed by atoms with van der Waals surface area (Å²) >= 11 is 0. The molecule has 1 N–H and O–H groups in total. The third-order valence-corrected chi connectivity index (χ3v) is 4.46. The van der Waals surface area contributed by atoms with E-state index in [1.54, 1.807) is 10.9 Å². The molecule has 0 radical (unpaired) electrons. The van der Waals surface area contributed by atoms with E-state index >= 15 is 0 Å². The van der Waals surface area contributed by atoms with Crippen LogP contribution in [-0.2, 0) is 11.8 Å². The first-order valence-corrected chi connectivity index (χ1v) is 8.85. The van der Waals surface area contributed by atoms with Crippen LogP contribution in [0, 0.1) is 12.8 Å². The number of nitrogens with zero attached hydrogens (tertiary/aromatic N) is 4. The molecule has 25 heavy (non-hydrogen) atoms. The third kappa shape index (κ3) is 4.16. The maximum atomic E-state index is 12.5. The van der Waals surface area contributed by atoms with Gasteiger partial charge in [-0.15, -0.1) is 0 Å². The van der Waals surface area contributed by atoms with Crippen molar-refractivity contribution >= 4 is 16.9 Å². The number of carbonyl (C=O) groups is 1. The smallest absolute Gasteiger partial charge is 0.252 e. The fourth-order valence-corrected chi connectivity index (χ4v) is 3.33. The van der Waals surface area contributed by atoms with Gasteiger partial charge in [0.15, 0.2) is 5.65 Å². The predicted molar refractivity (Wildman–Crippen MR) is 96.6 cm³/mol. The van der Waals surface area contributed by atoms with Gasteiger partial charge < -0.3 is 10.1 Å². The van der Waals surface area contributed by atoms with Gasteiger partial charge in [0.2, 0.25) is 0 Å². The Morgan fingerprint density at radius 3 is 3.04 bits per heavy atom. The van der Waals surface area contributed by atoms with Gasteiger partial charge in [-0.1, -0.05) is 13.8 Å². The molecule has 136 valence electrons. The van der Waals surface area contributed by atoms with Gasteiger partial charge in [-0.25, -0.2) is 4.98 Å². The lowest BCUT2D eigenvalue weighted by molar-refractivity contribution is -0.0295. The lowest BCUT2D eigenvalue weighted by Gasteiger charge is -2.33. The van der Waals surface area contributed by atoms with E-state index in [2.05, 4.69) is 34.1 Å². The number of rotatable bonds is 5. The van der Waals surface area contributed by atoms with Crippen LogP contribution in [0.25, 0.3) is 11.0 Å². The second-order valence-corrected chi connectivity index (χ2v) is 7.16. The molecule has 7 heteroatoms. The maximum Gasteiger partial charge on any atom is 0.252 e. The van der Waals surface area contributed by atoms with Gasteiger partial charge >= 0.3 is 0 Å². The van der Waals surface area contributed by atoms with E-state index in [1.165, 1.54) is 0 Å². The third-order valence-electron chi connectivity index (χ3n) is 4.46. The van der Waals surface area contributed by atoms with Crippen molar-refractivity contribution in [1.29, 1.82) is 0 Å². The molecule has 2 aromatic rings. The fourth-order valence-electron chi connectivity index (χ4n) is 3.33. The average molecular weight is 345 g/mol. The largest absolute Gasteiger partial charge is 0.374 e. The second kappa shape index (κ2) is 7.49. The van der Waals surface area contributed by atoms with Crippen LogP contribution in [-0.4, -0.2) is 64.5 Å². The zero-order chi connectivity index (χ0) is 18.0. The Morgan fingerprint density at radius 2 is 2.28 bits per heavy atom. The molecule has 1 saturated heterocycles. The molecule has 1 fully saturated rings. The van der Waals surface area contributed by atoms with Crippen molar-refractivity contribution in [3.63, 3.8) is 0 Å². The Bertz CT molecular complexity index is 755. The Morgan fingerprint density at radius 1 is 1.48 bits per heavy atom. The molecule has 7 nitrogen and oxygen atoms in total. The van der Waals surface area contributed by atoms with E-state index in [9.17, 15) is 4.79 Å². The van der Waals surface area contributed by atoms with Gasteiger partial charge in [0.1, 0.15) is 0 Å². The number of hydrogen-bond acceptors (Lipinski definition) is 5. The molecule has 0 saturated carbocycles. The SMILES string of the molecule is Cc1nn(C)c2ncc(C(=O)NC[C@@H]3CN(CC(C)C)CCO3)cc12. The topological polar surface area (TPSA) is 72.3 Å². The highest BCUT2D eigenvalue weighted by atomic mass is 16.5. The van der Waals surface area contributed by atoms with E-state index in [1.807, 2.05) is 20.0 Å². The minimum atomic E-state index is -0.123. The van der Waals surface area contributed by atoms with E-state index in [-0.39, 0.29) is 12.0 Å². The molecule has 0 bridgehead atoms. The number of fused-ring (bicyclic) bond motifs is 1. The van der Waals surface area contributed by atoms with Crippen LogP contribution in [0.4, 0.5) is 0 Å². The van der Waals surface area contributed by atoms with Crippen molar-refractivity contribution < 1.29 is 9.53 Å². The summed E-state index contributed by atoms with van der Waals surface area (Å²) < 4.78 is 7.51. The van der Waals surface area contributed by atoms with Crippen molar-refractivity contribution in [2.75, 3.05) is 32.8 Å². The van der Waals surface area contributed by atoms with Crippen LogP contribution in [0.2, 0.25) is 0 Å². The number of hydrogen-bond donors (Lipinski definition) is 1. The van der Waals surface area contributed by atoms with Gasteiger partial charge in [-0.05, 0) is 18.9 Å².